The van der Waals surface area contributed by atoms with Crippen molar-refractivity contribution in [3.63, 3.8) is 0 Å². The molecule has 1 aromatic rings. The largest absolute Gasteiger partial charge is 0.383 e. The Morgan fingerprint density at radius 2 is 2.12 bits per heavy atom. The first-order valence-electron chi connectivity index (χ1n) is 8.90. The lowest BCUT2D eigenvalue weighted by Gasteiger charge is -2.25. The minimum atomic E-state index is -0.0644. The third-order valence-corrected chi connectivity index (χ3v) is 5.93. The molecule has 3 rings (SSSR count). The molecule has 2 N–H and O–H groups in total. The molecule has 0 aromatic heterocycles. The van der Waals surface area contributed by atoms with E-state index < -0.39 is 0 Å². The predicted molar refractivity (Wildman–Crippen MR) is 99.8 cm³/mol. The van der Waals surface area contributed by atoms with Crippen LogP contribution in [0.1, 0.15) is 43.0 Å². The lowest BCUT2D eigenvalue weighted by Crippen LogP contribution is -2.30. The second kappa shape index (κ2) is 6.93. The van der Waals surface area contributed by atoms with Crippen LogP contribution in [0.4, 0.5) is 5.69 Å². The Morgan fingerprint density at radius 3 is 2.75 bits per heavy atom. The molecule has 1 aromatic carbocycles. The lowest BCUT2D eigenvalue weighted by atomic mass is 9.90. The molecule has 5 heteroatoms. The zero-order valence-corrected chi connectivity index (χ0v) is 15.6. The molecule has 2 fully saturated rings. The first-order chi connectivity index (χ1) is 11.4. The zero-order chi connectivity index (χ0) is 17.3. The molecule has 24 heavy (non-hydrogen) atoms. The molecule has 4 nitrogen and oxygen atoms in total. The lowest BCUT2D eigenvalue weighted by molar-refractivity contribution is 0.0828. The van der Waals surface area contributed by atoms with Gasteiger partial charge in [0.15, 0.2) is 0 Å². The third-order valence-electron chi connectivity index (χ3n) is 5.61. The van der Waals surface area contributed by atoms with Crippen molar-refractivity contribution in [2.24, 2.45) is 11.3 Å². The molecule has 1 aliphatic heterocycles. The van der Waals surface area contributed by atoms with Gasteiger partial charge >= 0.3 is 0 Å². The summed E-state index contributed by atoms with van der Waals surface area (Å²) in [6, 6.07) is 6.04. The quantitative estimate of drug-likeness (QED) is 0.853. The summed E-state index contributed by atoms with van der Waals surface area (Å²) in [5.41, 5.74) is 2.17. The van der Waals surface area contributed by atoms with Gasteiger partial charge in [-0.15, -0.1) is 0 Å². The molecule has 1 spiro atoms. The van der Waals surface area contributed by atoms with Crippen LogP contribution in [0.2, 0.25) is 5.02 Å². The molecular weight excluding hydrogens is 322 g/mol. The van der Waals surface area contributed by atoms with Crippen molar-refractivity contribution in [3.05, 3.63) is 28.8 Å². The highest BCUT2D eigenvalue weighted by atomic mass is 35.5. The summed E-state index contributed by atoms with van der Waals surface area (Å²) in [6.45, 7) is 4.59. The molecule has 0 bridgehead atoms. The first-order valence-corrected chi connectivity index (χ1v) is 9.27. The van der Waals surface area contributed by atoms with Crippen LogP contribution in [-0.2, 0) is 0 Å². The van der Waals surface area contributed by atoms with E-state index in [1.54, 1.807) is 19.0 Å². The number of nitrogens with zero attached hydrogens (tertiary/aromatic N) is 1. The number of halogens is 1. The predicted octanol–water partition coefficient (Wildman–Crippen LogP) is 3.62. The average Bonchev–Trinajstić information content (AvgIpc) is 3.18. The van der Waals surface area contributed by atoms with Gasteiger partial charge in [-0.1, -0.05) is 11.6 Å². The highest BCUT2D eigenvalue weighted by Gasteiger charge is 2.53. The smallest absolute Gasteiger partial charge is 0.254 e. The number of anilines is 1. The van der Waals surface area contributed by atoms with Crippen LogP contribution >= 0.6 is 11.6 Å². The number of benzene rings is 1. The van der Waals surface area contributed by atoms with Gasteiger partial charge in [0.25, 0.3) is 5.91 Å². The molecule has 1 saturated carbocycles. The molecule has 1 heterocycles. The summed E-state index contributed by atoms with van der Waals surface area (Å²) in [4.78, 5) is 13.6. The van der Waals surface area contributed by atoms with E-state index in [1.807, 2.05) is 18.2 Å². The van der Waals surface area contributed by atoms with Gasteiger partial charge in [0.2, 0.25) is 0 Å². The number of carbonyl (C=O) groups is 1. The Hall–Kier alpha value is -1.26. The van der Waals surface area contributed by atoms with E-state index >= 15 is 0 Å². The van der Waals surface area contributed by atoms with Gasteiger partial charge in [-0.25, -0.2) is 0 Å². The molecule has 2 atom stereocenters. The summed E-state index contributed by atoms with van der Waals surface area (Å²) in [7, 11) is 3.47. The topological polar surface area (TPSA) is 44.4 Å². The Bertz CT molecular complexity index is 611. The number of amides is 1. The van der Waals surface area contributed by atoms with Crippen LogP contribution in [0, 0.1) is 11.3 Å². The summed E-state index contributed by atoms with van der Waals surface area (Å²) in [5, 5.41) is 7.51. The Kier molecular flexibility index (Phi) is 5.07. The number of hydrogen-bond donors (Lipinski definition) is 2. The number of rotatable bonds is 5. The normalized spacial score (nSPS) is 22.9. The number of hydrogen-bond acceptors (Lipinski definition) is 3. The molecule has 2 aliphatic rings. The molecule has 1 aliphatic carbocycles. The van der Waals surface area contributed by atoms with Crippen LogP contribution in [0.25, 0.3) is 0 Å². The summed E-state index contributed by atoms with van der Waals surface area (Å²) in [6.07, 6.45) is 5.25. The highest BCUT2D eigenvalue weighted by Crippen LogP contribution is 2.60. The fourth-order valence-electron chi connectivity index (χ4n) is 4.09. The zero-order valence-electron chi connectivity index (χ0n) is 14.9. The van der Waals surface area contributed by atoms with Crippen molar-refractivity contribution in [2.45, 2.75) is 38.6 Å². The minimum absolute atomic E-state index is 0.0644. The van der Waals surface area contributed by atoms with E-state index in [1.165, 1.54) is 38.8 Å². The van der Waals surface area contributed by atoms with Crippen molar-refractivity contribution in [3.8, 4) is 0 Å². The van der Waals surface area contributed by atoms with E-state index in [0.717, 1.165) is 11.6 Å². The van der Waals surface area contributed by atoms with Gasteiger partial charge in [-0.05, 0) is 75.2 Å². The van der Waals surface area contributed by atoms with Gasteiger partial charge in [-0.2, -0.15) is 0 Å². The molecule has 0 radical (unpaired) electrons. The van der Waals surface area contributed by atoms with E-state index in [4.69, 9.17) is 11.6 Å². The maximum absolute atomic E-state index is 12.0. The van der Waals surface area contributed by atoms with Crippen LogP contribution < -0.4 is 10.6 Å². The van der Waals surface area contributed by atoms with Crippen LogP contribution in [0.3, 0.4) is 0 Å². The van der Waals surface area contributed by atoms with Gasteiger partial charge in [0.05, 0.1) is 10.6 Å². The maximum Gasteiger partial charge on any atom is 0.254 e. The second-order valence-electron chi connectivity index (χ2n) is 7.69. The Labute approximate surface area is 149 Å². The average molecular weight is 350 g/mol. The van der Waals surface area contributed by atoms with Crippen molar-refractivity contribution in [2.75, 3.05) is 32.5 Å². The Balaban J connectivity index is 1.56. The number of nitrogens with one attached hydrogen (secondary N) is 2. The van der Waals surface area contributed by atoms with E-state index in [0.29, 0.717) is 22.0 Å². The minimum Gasteiger partial charge on any atom is -0.383 e. The number of piperidine rings is 1. The van der Waals surface area contributed by atoms with Gasteiger partial charge in [0, 0.05) is 25.8 Å². The number of carbonyl (C=O) groups excluding carboxylic acids is 1. The molecule has 132 valence electrons. The SMILES string of the molecule is C[C@@H](C[C@@H]1CC12CCNCC2)Nc1ccc(C(=O)N(C)C)c(Cl)c1. The van der Waals surface area contributed by atoms with Gasteiger partial charge < -0.3 is 15.5 Å². The molecule has 1 saturated heterocycles. The van der Waals surface area contributed by atoms with Gasteiger partial charge in [-0.3, -0.25) is 4.79 Å². The summed E-state index contributed by atoms with van der Waals surface area (Å²) >= 11 is 6.29. The van der Waals surface area contributed by atoms with Crippen molar-refractivity contribution >= 4 is 23.2 Å². The third kappa shape index (κ3) is 3.70. The molecular formula is C19H28ClN3O. The fraction of sp³-hybridized carbons (Fsp3) is 0.632. The van der Waals surface area contributed by atoms with Crippen LogP contribution in [0.5, 0.6) is 0 Å². The van der Waals surface area contributed by atoms with E-state index in [2.05, 4.69) is 17.6 Å². The van der Waals surface area contributed by atoms with E-state index in [9.17, 15) is 4.79 Å². The van der Waals surface area contributed by atoms with Crippen molar-refractivity contribution in [1.29, 1.82) is 0 Å². The van der Waals surface area contributed by atoms with Crippen molar-refractivity contribution < 1.29 is 4.79 Å². The summed E-state index contributed by atoms with van der Waals surface area (Å²) < 4.78 is 0. The highest BCUT2D eigenvalue weighted by molar-refractivity contribution is 6.34. The van der Waals surface area contributed by atoms with Gasteiger partial charge in [0.1, 0.15) is 0 Å². The van der Waals surface area contributed by atoms with E-state index in [-0.39, 0.29) is 5.91 Å². The van der Waals surface area contributed by atoms with Crippen LogP contribution in [0.15, 0.2) is 18.2 Å². The fourth-order valence-corrected chi connectivity index (χ4v) is 4.35. The van der Waals surface area contributed by atoms with Crippen molar-refractivity contribution in [1.82, 2.24) is 10.2 Å². The Morgan fingerprint density at radius 1 is 1.42 bits per heavy atom. The summed E-state index contributed by atoms with van der Waals surface area (Å²) in [5.74, 6) is 0.789. The second-order valence-corrected chi connectivity index (χ2v) is 8.10. The van der Waals surface area contributed by atoms with Crippen LogP contribution in [-0.4, -0.2) is 44.0 Å². The maximum atomic E-state index is 12.0. The standard InChI is InChI=1S/C19H28ClN3O/c1-13(10-14-12-19(14)6-8-21-9-7-19)22-15-4-5-16(17(20)11-15)18(24)23(2)3/h4-5,11,13-14,21-22H,6-10,12H2,1-3H3/t13-,14+/m0/s1. The molecule has 1 amide bonds. The first kappa shape index (κ1) is 17.6. The monoisotopic (exact) mass is 349 g/mol. The molecule has 0 unspecified atom stereocenters.